The van der Waals surface area contributed by atoms with E-state index in [1.807, 2.05) is 24.3 Å². The predicted octanol–water partition coefficient (Wildman–Crippen LogP) is 4.39. The lowest BCUT2D eigenvalue weighted by atomic mass is 10.0. The van der Waals surface area contributed by atoms with E-state index in [2.05, 4.69) is 15.9 Å². The highest BCUT2D eigenvalue weighted by atomic mass is 79.9. The molecule has 2 aromatic carbocycles. The van der Waals surface area contributed by atoms with Crippen molar-refractivity contribution >= 4 is 27.5 Å². The first kappa shape index (κ1) is 14.5. The molecule has 0 saturated heterocycles. The molecule has 0 fully saturated rings. The van der Waals surface area contributed by atoms with E-state index in [0.717, 1.165) is 10.0 Å². The Bertz CT molecular complexity index is 574. The van der Waals surface area contributed by atoms with Crippen molar-refractivity contribution in [2.75, 3.05) is 0 Å². The molecule has 19 heavy (non-hydrogen) atoms. The zero-order chi connectivity index (χ0) is 13.8. The molecule has 0 heterocycles. The predicted molar refractivity (Wildman–Crippen MR) is 79.0 cm³/mol. The van der Waals surface area contributed by atoms with Gasteiger partial charge in [0.15, 0.2) is 0 Å². The van der Waals surface area contributed by atoms with Crippen molar-refractivity contribution in [3.8, 4) is 0 Å². The molecule has 1 atom stereocenters. The normalized spacial score (nSPS) is 12.4. The highest BCUT2D eigenvalue weighted by Gasteiger charge is 2.11. The first-order valence-electron chi connectivity index (χ1n) is 5.91. The zero-order valence-electron chi connectivity index (χ0n) is 10.1. The lowest BCUT2D eigenvalue weighted by molar-refractivity contribution is 0.175. The maximum Gasteiger partial charge on any atom is 0.123 e. The lowest BCUT2D eigenvalue weighted by Gasteiger charge is -2.13. The zero-order valence-corrected chi connectivity index (χ0v) is 12.5. The first-order chi connectivity index (χ1) is 9.06. The van der Waals surface area contributed by atoms with Gasteiger partial charge in [0.2, 0.25) is 0 Å². The van der Waals surface area contributed by atoms with Gasteiger partial charge in [-0.1, -0.05) is 45.7 Å². The highest BCUT2D eigenvalue weighted by Crippen LogP contribution is 2.22. The molecular weight excluding hydrogens is 331 g/mol. The monoisotopic (exact) mass is 342 g/mol. The molecule has 0 bridgehead atoms. The van der Waals surface area contributed by atoms with Crippen LogP contribution in [0.4, 0.5) is 4.39 Å². The molecule has 0 aromatic heterocycles. The largest absolute Gasteiger partial charge is 0.392 e. The molecule has 0 aliphatic heterocycles. The number of hydrogen-bond donors (Lipinski definition) is 1. The van der Waals surface area contributed by atoms with Crippen molar-refractivity contribution in [1.29, 1.82) is 0 Å². The van der Waals surface area contributed by atoms with Gasteiger partial charge >= 0.3 is 0 Å². The third kappa shape index (κ3) is 4.03. The molecule has 1 N–H and O–H groups in total. The van der Waals surface area contributed by atoms with E-state index in [-0.39, 0.29) is 5.82 Å². The van der Waals surface area contributed by atoms with Crippen molar-refractivity contribution in [2.45, 2.75) is 18.9 Å². The Kier molecular flexibility index (Phi) is 4.97. The molecule has 0 spiro atoms. The number of rotatable bonds is 4. The average Bonchev–Trinajstić information content (AvgIpc) is 2.37. The minimum Gasteiger partial charge on any atom is -0.392 e. The fourth-order valence-electron chi connectivity index (χ4n) is 1.94. The van der Waals surface area contributed by atoms with Crippen LogP contribution in [-0.2, 0) is 12.8 Å². The summed E-state index contributed by atoms with van der Waals surface area (Å²) in [6, 6.07) is 11.9. The van der Waals surface area contributed by atoms with E-state index in [9.17, 15) is 9.50 Å². The van der Waals surface area contributed by atoms with Crippen molar-refractivity contribution in [3.63, 3.8) is 0 Å². The van der Waals surface area contributed by atoms with E-state index in [1.54, 1.807) is 0 Å². The van der Waals surface area contributed by atoms with Crippen LogP contribution in [0.1, 0.15) is 11.1 Å². The minimum absolute atomic E-state index is 0.331. The molecule has 0 radical (unpaired) electrons. The molecular formula is C15H13BrClFO. The van der Waals surface area contributed by atoms with E-state index in [4.69, 9.17) is 11.6 Å². The highest BCUT2D eigenvalue weighted by molar-refractivity contribution is 9.10. The molecule has 2 aromatic rings. The summed E-state index contributed by atoms with van der Waals surface area (Å²) in [6.45, 7) is 0. The summed E-state index contributed by atoms with van der Waals surface area (Å²) < 4.78 is 14.1. The smallest absolute Gasteiger partial charge is 0.123 e. The molecule has 2 rings (SSSR count). The Labute approximate surface area is 125 Å². The van der Waals surface area contributed by atoms with Gasteiger partial charge in [0.25, 0.3) is 0 Å². The van der Waals surface area contributed by atoms with Gasteiger partial charge < -0.3 is 5.11 Å². The summed E-state index contributed by atoms with van der Waals surface area (Å²) in [5.41, 5.74) is 1.64. The minimum atomic E-state index is -0.599. The Balaban J connectivity index is 2.07. The maximum absolute atomic E-state index is 13.1. The van der Waals surface area contributed by atoms with Crippen molar-refractivity contribution in [2.24, 2.45) is 0 Å². The Hall–Kier alpha value is -0.900. The van der Waals surface area contributed by atoms with Crippen LogP contribution in [0.3, 0.4) is 0 Å². The number of benzene rings is 2. The topological polar surface area (TPSA) is 20.2 Å². The second-order valence-electron chi connectivity index (χ2n) is 4.39. The van der Waals surface area contributed by atoms with Gasteiger partial charge in [-0.3, -0.25) is 0 Å². The fraction of sp³-hybridized carbons (Fsp3) is 0.200. The molecule has 0 aliphatic carbocycles. The van der Waals surface area contributed by atoms with Gasteiger partial charge in [0, 0.05) is 15.9 Å². The van der Waals surface area contributed by atoms with Crippen LogP contribution in [0, 0.1) is 5.82 Å². The molecule has 4 heteroatoms. The summed E-state index contributed by atoms with van der Waals surface area (Å²) in [7, 11) is 0. The van der Waals surface area contributed by atoms with Crippen molar-refractivity contribution in [3.05, 3.63) is 68.9 Å². The van der Waals surface area contributed by atoms with Gasteiger partial charge in [-0.05, 0) is 41.8 Å². The Morgan fingerprint density at radius 1 is 1.11 bits per heavy atom. The standard InChI is InChI=1S/C15H13BrClFO/c16-14-4-2-1-3-10(14)8-13(19)9-11-7-12(18)5-6-15(11)17/h1-7,13,19H,8-9H2. The van der Waals surface area contributed by atoms with E-state index < -0.39 is 6.10 Å². The van der Waals surface area contributed by atoms with E-state index >= 15 is 0 Å². The van der Waals surface area contributed by atoms with Crippen LogP contribution in [0.2, 0.25) is 5.02 Å². The van der Waals surface area contributed by atoms with Crippen LogP contribution < -0.4 is 0 Å². The van der Waals surface area contributed by atoms with Crippen LogP contribution in [0.5, 0.6) is 0 Å². The number of hydrogen-bond acceptors (Lipinski definition) is 1. The van der Waals surface area contributed by atoms with Gasteiger partial charge in [0.05, 0.1) is 6.10 Å². The summed E-state index contributed by atoms with van der Waals surface area (Å²) >= 11 is 9.43. The summed E-state index contributed by atoms with van der Waals surface area (Å²) in [5.74, 6) is -0.340. The van der Waals surface area contributed by atoms with Gasteiger partial charge in [-0.2, -0.15) is 0 Å². The molecule has 0 amide bonds. The number of aliphatic hydroxyl groups is 1. The van der Waals surface area contributed by atoms with E-state index in [1.165, 1.54) is 18.2 Å². The van der Waals surface area contributed by atoms with Crippen LogP contribution in [0.15, 0.2) is 46.9 Å². The first-order valence-corrected chi connectivity index (χ1v) is 7.09. The average molecular weight is 344 g/mol. The van der Waals surface area contributed by atoms with Crippen molar-refractivity contribution in [1.82, 2.24) is 0 Å². The molecule has 0 saturated carbocycles. The second kappa shape index (κ2) is 6.51. The molecule has 100 valence electrons. The maximum atomic E-state index is 13.1. The van der Waals surface area contributed by atoms with E-state index in [0.29, 0.717) is 23.4 Å². The quantitative estimate of drug-likeness (QED) is 0.873. The van der Waals surface area contributed by atoms with Crippen molar-refractivity contribution < 1.29 is 9.50 Å². The molecule has 0 aliphatic rings. The Morgan fingerprint density at radius 2 is 1.79 bits per heavy atom. The Morgan fingerprint density at radius 3 is 2.53 bits per heavy atom. The summed E-state index contributed by atoms with van der Waals surface area (Å²) in [6.07, 6.45) is 0.227. The van der Waals surface area contributed by atoms with Crippen LogP contribution in [0.25, 0.3) is 0 Å². The summed E-state index contributed by atoms with van der Waals surface area (Å²) in [4.78, 5) is 0. The van der Waals surface area contributed by atoms with Crippen LogP contribution in [-0.4, -0.2) is 11.2 Å². The van der Waals surface area contributed by atoms with Crippen LogP contribution >= 0.6 is 27.5 Å². The van der Waals surface area contributed by atoms with Gasteiger partial charge in [-0.15, -0.1) is 0 Å². The second-order valence-corrected chi connectivity index (χ2v) is 5.65. The fourth-order valence-corrected chi connectivity index (χ4v) is 2.58. The third-order valence-electron chi connectivity index (χ3n) is 2.88. The third-order valence-corrected chi connectivity index (χ3v) is 4.02. The molecule has 1 unspecified atom stereocenters. The lowest BCUT2D eigenvalue weighted by Crippen LogP contribution is -2.14. The van der Waals surface area contributed by atoms with Gasteiger partial charge in [0.1, 0.15) is 5.82 Å². The molecule has 1 nitrogen and oxygen atoms in total. The number of aliphatic hydroxyl groups excluding tert-OH is 1. The number of halogens is 3. The summed E-state index contributed by atoms with van der Waals surface area (Å²) in [5, 5.41) is 10.6. The van der Waals surface area contributed by atoms with Gasteiger partial charge in [-0.25, -0.2) is 4.39 Å². The SMILES string of the molecule is OC(Cc1cc(F)ccc1Cl)Cc1ccccc1Br.